The van der Waals surface area contributed by atoms with E-state index in [-0.39, 0.29) is 11.1 Å². The van der Waals surface area contributed by atoms with E-state index in [0.717, 1.165) is 5.71 Å². The lowest BCUT2D eigenvalue weighted by atomic mass is 10.1. The lowest BCUT2D eigenvalue weighted by Gasteiger charge is -2.38. The lowest BCUT2D eigenvalue weighted by Crippen LogP contribution is -2.45. The minimum absolute atomic E-state index is 0.114. The lowest BCUT2D eigenvalue weighted by molar-refractivity contribution is -0.138. The third-order valence-electron chi connectivity index (χ3n) is 3.79. The Kier molecular flexibility index (Phi) is 3.83. The van der Waals surface area contributed by atoms with Crippen LogP contribution >= 0.6 is 0 Å². The molecular formula is C12H23NO3Si. The van der Waals surface area contributed by atoms with Crippen LogP contribution in [0.2, 0.25) is 18.1 Å². The van der Waals surface area contributed by atoms with E-state index in [4.69, 9.17) is 9.53 Å². The van der Waals surface area contributed by atoms with Gasteiger partial charge in [0.05, 0.1) is 6.10 Å². The first-order valence-electron chi connectivity index (χ1n) is 5.99. The average molecular weight is 257 g/mol. The van der Waals surface area contributed by atoms with Gasteiger partial charge in [-0.3, -0.25) is 4.99 Å². The Labute approximate surface area is 104 Å². The fourth-order valence-electron chi connectivity index (χ4n) is 1.58. The third kappa shape index (κ3) is 3.16. The van der Waals surface area contributed by atoms with Crippen molar-refractivity contribution in [3.63, 3.8) is 0 Å². The van der Waals surface area contributed by atoms with Crippen molar-refractivity contribution in [3.8, 4) is 0 Å². The molecule has 98 valence electrons. The van der Waals surface area contributed by atoms with E-state index in [2.05, 4.69) is 38.9 Å². The van der Waals surface area contributed by atoms with Crippen molar-refractivity contribution in [2.24, 2.45) is 4.99 Å². The highest BCUT2D eigenvalue weighted by molar-refractivity contribution is 6.74. The highest BCUT2D eigenvalue weighted by Gasteiger charge is 2.42. The van der Waals surface area contributed by atoms with Gasteiger partial charge in [0.25, 0.3) is 0 Å². The first-order valence-corrected chi connectivity index (χ1v) is 8.90. The quantitative estimate of drug-likeness (QED) is 0.791. The van der Waals surface area contributed by atoms with Gasteiger partial charge in [0, 0.05) is 12.1 Å². The van der Waals surface area contributed by atoms with Gasteiger partial charge in [-0.25, -0.2) is 4.79 Å². The van der Waals surface area contributed by atoms with Gasteiger partial charge in [0.2, 0.25) is 0 Å². The number of carboxylic acid groups (broad SMARTS) is 1. The molecule has 1 heterocycles. The van der Waals surface area contributed by atoms with E-state index < -0.39 is 20.3 Å². The summed E-state index contributed by atoms with van der Waals surface area (Å²) in [7, 11) is -1.85. The molecule has 4 nitrogen and oxygen atoms in total. The fraction of sp³-hybridized carbons (Fsp3) is 0.833. The maximum Gasteiger partial charge on any atom is 0.328 e. The van der Waals surface area contributed by atoms with E-state index >= 15 is 0 Å². The number of nitrogens with zero attached hydrogens (tertiary/aromatic N) is 1. The molecule has 1 aliphatic rings. The molecular weight excluding hydrogens is 234 g/mol. The summed E-state index contributed by atoms with van der Waals surface area (Å²) in [4.78, 5) is 15.1. The van der Waals surface area contributed by atoms with Gasteiger partial charge in [0.15, 0.2) is 8.32 Å². The molecule has 0 aromatic carbocycles. The van der Waals surface area contributed by atoms with E-state index in [1.807, 2.05) is 6.92 Å². The number of hydrogen-bond acceptors (Lipinski definition) is 3. The summed E-state index contributed by atoms with van der Waals surface area (Å²) >= 11 is 0. The van der Waals surface area contributed by atoms with Crippen molar-refractivity contribution in [1.29, 1.82) is 0 Å². The van der Waals surface area contributed by atoms with Gasteiger partial charge < -0.3 is 9.53 Å². The number of carboxylic acids is 1. The Morgan fingerprint density at radius 1 is 1.47 bits per heavy atom. The molecule has 1 rings (SSSR count). The van der Waals surface area contributed by atoms with Gasteiger partial charge in [-0.15, -0.1) is 0 Å². The molecule has 5 heteroatoms. The van der Waals surface area contributed by atoms with Crippen LogP contribution in [0, 0.1) is 0 Å². The smallest absolute Gasteiger partial charge is 0.328 e. The van der Waals surface area contributed by atoms with E-state index in [1.54, 1.807) is 0 Å². The zero-order chi connectivity index (χ0) is 13.4. The van der Waals surface area contributed by atoms with Crippen LogP contribution in [0.25, 0.3) is 0 Å². The second kappa shape index (κ2) is 4.53. The molecule has 0 bridgehead atoms. The molecule has 1 N–H and O–H groups in total. The Morgan fingerprint density at radius 2 is 2.00 bits per heavy atom. The second-order valence-electron chi connectivity index (χ2n) is 6.23. The molecule has 0 amide bonds. The van der Waals surface area contributed by atoms with Gasteiger partial charge >= 0.3 is 5.97 Å². The van der Waals surface area contributed by atoms with Crippen LogP contribution in [0.4, 0.5) is 0 Å². The zero-order valence-corrected chi connectivity index (χ0v) is 12.6. The predicted molar refractivity (Wildman–Crippen MR) is 71.2 cm³/mol. The third-order valence-corrected chi connectivity index (χ3v) is 8.28. The molecule has 2 atom stereocenters. The van der Waals surface area contributed by atoms with Crippen LogP contribution in [0.3, 0.4) is 0 Å². The molecule has 0 aliphatic carbocycles. The Hall–Kier alpha value is -0.683. The summed E-state index contributed by atoms with van der Waals surface area (Å²) in [6.45, 7) is 12.7. The SMILES string of the molecule is CC1=N[C@H](C(=O)O)C[C@@H]1O[Si](C)(C)C(C)(C)C. The van der Waals surface area contributed by atoms with Gasteiger partial charge in [-0.1, -0.05) is 20.8 Å². The summed E-state index contributed by atoms with van der Waals surface area (Å²) in [6, 6.07) is -0.621. The summed E-state index contributed by atoms with van der Waals surface area (Å²) < 4.78 is 6.20. The zero-order valence-electron chi connectivity index (χ0n) is 11.6. The van der Waals surface area contributed by atoms with Crippen LogP contribution in [0.5, 0.6) is 0 Å². The molecule has 0 saturated heterocycles. The van der Waals surface area contributed by atoms with Crippen LogP contribution in [-0.4, -0.2) is 37.3 Å². The second-order valence-corrected chi connectivity index (χ2v) is 11.0. The maximum absolute atomic E-state index is 10.9. The van der Waals surface area contributed by atoms with Crippen molar-refractivity contribution in [3.05, 3.63) is 0 Å². The Bertz CT molecular complexity index is 344. The van der Waals surface area contributed by atoms with Gasteiger partial charge in [0.1, 0.15) is 6.04 Å². The van der Waals surface area contributed by atoms with Crippen LogP contribution in [0.1, 0.15) is 34.1 Å². The van der Waals surface area contributed by atoms with Crippen molar-refractivity contribution in [2.75, 3.05) is 0 Å². The highest BCUT2D eigenvalue weighted by Crippen LogP contribution is 2.38. The molecule has 0 radical (unpaired) electrons. The van der Waals surface area contributed by atoms with Crippen molar-refractivity contribution in [2.45, 2.75) is 64.4 Å². The highest BCUT2D eigenvalue weighted by atomic mass is 28.4. The minimum atomic E-state index is -1.85. The molecule has 0 fully saturated rings. The monoisotopic (exact) mass is 257 g/mol. The number of hydrogen-bond donors (Lipinski definition) is 1. The molecule has 0 saturated carbocycles. The number of carbonyl (C=O) groups is 1. The van der Waals surface area contributed by atoms with Crippen molar-refractivity contribution in [1.82, 2.24) is 0 Å². The summed E-state index contributed by atoms with van der Waals surface area (Å²) in [6.07, 6.45) is 0.366. The first-order chi connectivity index (χ1) is 7.54. The Balaban J connectivity index is 2.73. The molecule has 17 heavy (non-hydrogen) atoms. The van der Waals surface area contributed by atoms with Crippen LogP contribution in [0.15, 0.2) is 4.99 Å². The van der Waals surface area contributed by atoms with Crippen LogP contribution in [-0.2, 0) is 9.22 Å². The largest absolute Gasteiger partial charge is 0.480 e. The minimum Gasteiger partial charge on any atom is -0.480 e. The van der Waals surface area contributed by atoms with Gasteiger partial charge in [-0.05, 0) is 25.1 Å². The maximum atomic E-state index is 10.9. The molecule has 0 unspecified atom stereocenters. The molecule has 0 spiro atoms. The van der Waals surface area contributed by atoms with E-state index in [9.17, 15) is 4.79 Å². The normalized spacial score (nSPS) is 25.9. The Morgan fingerprint density at radius 3 is 2.35 bits per heavy atom. The first kappa shape index (κ1) is 14.4. The molecule has 1 aliphatic heterocycles. The van der Waals surface area contributed by atoms with Crippen molar-refractivity contribution < 1.29 is 14.3 Å². The van der Waals surface area contributed by atoms with Crippen LogP contribution < -0.4 is 0 Å². The number of rotatable bonds is 3. The fourth-order valence-corrected chi connectivity index (χ4v) is 2.91. The summed E-state index contributed by atoms with van der Waals surface area (Å²) in [5.74, 6) is -0.856. The predicted octanol–water partition coefficient (Wildman–Crippen LogP) is 2.69. The standard InChI is InChI=1S/C12H23NO3Si/c1-8-10(7-9(13-8)11(14)15)16-17(5,6)12(2,3)4/h9-10H,7H2,1-6H3,(H,14,15)/t9-,10-/m0/s1. The molecule has 0 aromatic rings. The summed E-state index contributed by atoms with van der Waals surface area (Å²) in [5.41, 5.74) is 0.822. The van der Waals surface area contributed by atoms with Crippen molar-refractivity contribution >= 4 is 20.0 Å². The van der Waals surface area contributed by atoms with E-state index in [0.29, 0.717) is 6.42 Å². The van der Waals surface area contributed by atoms with E-state index in [1.165, 1.54) is 0 Å². The number of aliphatic carboxylic acids is 1. The number of aliphatic imine (C=N–C) groups is 1. The summed E-state index contributed by atoms with van der Waals surface area (Å²) in [5, 5.41) is 9.09. The average Bonchev–Trinajstić information content (AvgIpc) is 2.45. The molecule has 0 aromatic heterocycles. The van der Waals surface area contributed by atoms with Gasteiger partial charge in [-0.2, -0.15) is 0 Å². The topological polar surface area (TPSA) is 58.9 Å².